The van der Waals surface area contributed by atoms with E-state index in [1.165, 1.54) is 14.1 Å². The topological polar surface area (TPSA) is 102 Å². The number of alkyl halides is 3. The van der Waals surface area contributed by atoms with E-state index in [0.29, 0.717) is 44.6 Å². The minimum Gasteiger partial charge on any atom is -0.347 e. The number of hydrogen-bond donors (Lipinski definition) is 2. The van der Waals surface area contributed by atoms with E-state index in [1.807, 2.05) is 0 Å². The third-order valence-corrected chi connectivity index (χ3v) is 7.61. The standard InChI is InChI=1S/C19H23F3N4O3S/c1-26(2)30(28,29)25-15-11-13(19(20,21)22)3-4-14(15)16(27)24-18-8-5-17(12-23,6-9-18)7-10-18/h3-4,11,25H,5-10H2,1-2H3,(H,24,27). The first kappa shape index (κ1) is 22.4. The van der Waals surface area contributed by atoms with E-state index in [9.17, 15) is 31.6 Å². The average molecular weight is 444 g/mol. The second-order valence-electron chi connectivity index (χ2n) is 8.27. The first-order valence-electron chi connectivity index (χ1n) is 9.47. The van der Waals surface area contributed by atoms with Gasteiger partial charge in [0.1, 0.15) is 0 Å². The highest BCUT2D eigenvalue weighted by molar-refractivity contribution is 7.90. The molecule has 7 nitrogen and oxygen atoms in total. The Kier molecular flexibility index (Phi) is 5.54. The fraction of sp³-hybridized carbons (Fsp3) is 0.579. The van der Waals surface area contributed by atoms with E-state index < -0.39 is 39.1 Å². The number of amides is 1. The maximum atomic E-state index is 13.1. The molecule has 0 atom stereocenters. The highest BCUT2D eigenvalue weighted by atomic mass is 32.2. The fourth-order valence-corrected chi connectivity index (χ4v) is 4.71. The van der Waals surface area contributed by atoms with Gasteiger partial charge in [0, 0.05) is 19.6 Å². The monoisotopic (exact) mass is 444 g/mol. The second-order valence-corrected chi connectivity index (χ2v) is 10.2. The highest BCUT2D eigenvalue weighted by Gasteiger charge is 2.49. The summed E-state index contributed by atoms with van der Waals surface area (Å²) >= 11 is 0. The van der Waals surface area contributed by atoms with Crippen LogP contribution in [0, 0.1) is 16.7 Å². The molecule has 1 aromatic carbocycles. The van der Waals surface area contributed by atoms with Gasteiger partial charge in [-0.2, -0.15) is 31.2 Å². The molecule has 0 saturated heterocycles. The van der Waals surface area contributed by atoms with Crippen molar-refractivity contribution in [1.29, 1.82) is 5.26 Å². The molecule has 3 saturated carbocycles. The molecule has 1 aromatic rings. The van der Waals surface area contributed by atoms with Crippen molar-refractivity contribution in [3.8, 4) is 6.07 Å². The summed E-state index contributed by atoms with van der Waals surface area (Å²) in [6.07, 6.45) is -0.937. The van der Waals surface area contributed by atoms with E-state index in [2.05, 4.69) is 16.1 Å². The Bertz CT molecular complexity index is 975. The number of nitrogens with zero attached hydrogens (tertiary/aromatic N) is 2. The largest absolute Gasteiger partial charge is 0.416 e. The van der Waals surface area contributed by atoms with Crippen LogP contribution in [0.25, 0.3) is 0 Å². The van der Waals surface area contributed by atoms with Crippen molar-refractivity contribution in [2.24, 2.45) is 5.41 Å². The van der Waals surface area contributed by atoms with Crippen molar-refractivity contribution in [3.63, 3.8) is 0 Å². The number of hydrogen-bond acceptors (Lipinski definition) is 4. The molecule has 0 heterocycles. The molecule has 2 bridgehead atoms. The number of nitrogens with one attached hydrogen (secondary N) is 2. The Morgan fingerprint density at radius 1 is 1.13 bits per heavy atom. The molecule has 3 fully saturated rings. The first-order valence-corrected chi connectivity index (χ1v) is 10.9. The zero-order chi connectivity index (χ0) is 22.4. The number of carbonyl (C=O) groups excluding carboxylic acids is 1. The lowest BCUT2D eigenvalue weighted by Gasteiger charge is -2.50. The van der Waals surface area contributed by atoms with Crippen LogP contribution in [0.4, 0.5) is 18.9 Å². The van der Waals surface area contributed by atoms with Gasteiger partial charge in [0.15, 0.2) is 0 Å². The van der Waals surface area contributed by atoms with Gasteiger partial charge in [-0.1, -0.05) is 0 Å². The normalized spacial score (nSPS) is 26.3. The van der Waals surface area contributed by atoms with Gasteiger partial charge in [-0.3, -0.25) is 9.52 Å². The Hall–Kier alpha value is -2.32. The van der Waals surface area contributed by atoms with Crippen LogP contribution in [0.15, 0.2) is 18.2 Å². The molecule has 0 unspecified atom stereocenters. The zero-order valence-corrected chi connectivity index (χ0v) is 17.5. The molecule has 164 valence electrons. The number of carbonyl (C=O) groups is 1. The number of fused-ring (bicyclic) bond motifs is 3. The minimum atomic E-state index is -4.70. The lowest BCUT2D eigenvalue weighted by molar-refractivity contribution is -0.137. The van der Waals surface area contributed by atoms with Crippen LogP contribution in [0.3, 0.4) is 0 Å². The Morgan fingerprint density at radius 3 is 2.17 bits per heavy atom. The second kappa shape index (κ2) is 7.42. The van der Waals surface area contributed by atoms with Crippen molar-refractivity contribution in [3.05, 3.63) is 29.3 Å². The third-order valence-electron chi connectivity index (χ3n) is 6.17. The zero-order valence-electron chi connectivity index (χ0n) is 16.6. The van der Waals surface area contributed by atoms with Crippen LogP contribution in [-0.4, -0.2) is 38.3 Å². The summed E-state index contributed by atoms with van der Waals surface area (Å²) in [6, 6.07) is 4.73. The van der Waals surface area contributed by atoms with Gasteiger partial charge in [-0.15, -0.1) is 0 Å². The predicted molar refractivity (Wildman–Crippen MR) is 104 cm³/mol. The van der Waals surface area contributed by atoms with Crippen LogP contribution in [0.5, 0.6) is 0 Å². The summed E-state index contributed by atoms with van der Waals surface area (Å²) in [5, 5.41) is 12.3. The molecule has 0 aromatic heterocycles. The average Bonchev–Trinajstić information content (AvgIpc) is 2.68. The third kappa shape index (κ3) is 4.25. The molecule has 0 radical (unpaired) electrons. The number of benzene rings is 1. The van der Waals surface area contributed by atoms with Crippen molar-refractivity contribution < 1.29 is 26.4 Å². The summed E-state index contributed by atoms with van der Waals surface area (Å²) in [7, 11) is -1.68. The van der Waals surface area contributed by atoms with Gasteiger partial charge in [0.2, 0.25) is 0 Å². The maximum Gasteiger partial charge on any atom is 0.416 e. The van der Waals surface area contributed by atoms with Gasteiger partial charge in [0.25, 0.3) is 5.91 Å². The van der Waals surface area contributed by atoms with Gasteiger partial charge in [-0.25, -0.2) is 0 Å². The summed E-state index contributed by atoms with van der Waals surface area (Å²) < 4.78 is 66.7. The van der Waals surface area contributed by atoms with Crippen molar-refractivity contribution in [2.45, 2.75) is 50.2 Å². The molecule has 0 aliphatic heterocycles. The molecule has 2 N–H and O–H groups in total. The van der Waals surface area contributed by atoms with E-state index in [1.54, 1.807) is 0 Å². The van der Waals surface area contributed by atoms with Crippen molar-refractivity contribution in [2.75, 3.05) is 18.8 Å². The summed E-state index contributed by atoms with van der Waals surface area (Å²) in [5.74, 6) is -0.647. The molecule has 3 aliphatic carbocycles. The lowest BCUT2D eigenvalue weighted by atomic mass is 9.58. The summed E-state index contributed by atoms with van der Waals surface area (Å²) in [6.45, 7) is 0. The number of anilines is 1. The van der Waals surface area contributed by atoms with Crippen LogP contribution >= 0.6 is 0 Å². The minimum absolute atomic E-state index is 0.189. The summed E-state index contributed by atoms with van der Waals surface area (Å²) in [4.78, 5) is 13.0. The molecule has 0 spiro atoms. The number of halogens is 3. The smallest absolute Gasteiger partial charge is 0.347 e. The molecular weight excluding hydrogens is 421 g/mol. The molecule has 4 rings (SSSR count). The van der Waals surface area contributed by atoms with Gasteiger partial charge < -0.3 is 5.32 Å². The van der Waals surface area contributed by atoms with Crippen LogP contribution in [0.1, 0.15) is 54.4 Å². The molecular formula is C19H23F3N4O3S. The maximum absolute atomic E-state index is 13.1. The van der Waals surface area contributed by atoms with Crippen molar-refractivity contribution in [1.82, 2.24) is 9.62 Å². The lowest BCUT2D eigenvalue weighted by Crippen LogP contribution is -2.56. The fourth-order valence-electron chi connectivity index (χ4n) is 4.08. The molecule has 30 heavy (non-hydrogen) atoms. The van der Waals surface area contributed by atoms with Crippen LogP contribution in [0.2, 0.25) is 0 Å². The Balaban J connectivity index is 1.91. The molecule has 3 aliphatic rings. The first-order chi connectivity index (χ1) is 13.8. The van der Waals surface area contributed by atoms with E-state index in [0.717, 1.165) is 16.4 Å². The number of nitriles is 1. The van der Waals surface area contributed by atoms with Gasteiger partial charge >= 0.3 is 16.4 Å². The van der Waals surface area contributed by atoms with Gasteiger partial charge in [0.05, 0.1) is 28.3 Å². The van der Waals surface area contributed by atoms with Crippen LogP contribution in [-0.2, 0) is 16.4 Å². The van der Waals surface area contributed by atoms with E-state index in [4.69, 9.17) is 0 Å². The van der Waals surface area contributed by atoms with E-state index >= 15 is 0 Å². The SMILES string of the molecule is CN(C)S(=O)(=O)Nc1cc(C(F)(F)F)ccc1C(=O)NC12CCC(C#N)(CC1)CC2. The van der Waals surface area contributed by atoms with E-state index in [-0.39, 0.29) is 11.0 Å². The Labute approximate surface area is 173 Å². The quantitative estimate of drug-likeness (QED) is 0.728. The van der Waals surface area contributed by atoms with Gasteiger partial charge in [-0.05, 0) is 56.7 Å². The predicted octanol–water partition coefficient (Wildman–Crippen LogP) is 3.27. The summed E-state index contributed by atoms with van der Waals surface area (Å²) in [5.41, 5.74) is -2.58. The van der Waals surface area contributed by atoms with Crippen LogP contribution < -0.4 is 10.0 Å². The molecule has 1 amide bonds. The number of rotatable bonds is 5. The highest BCUT2D eigenvalue weighted by Crippen LogP contribution is 2.52. The Morgan fingerprint density at radius 2 is 1.70 bits per heavy atom. The van der Waals surface area contributed by atoms with Crippen molar-refractivity contribution >= 4 is 21.8 Å². The molecule has 11 heteroatoms.